The highest BCUT2D eigenvalue weighted by Gasteiger charge is 2.33. The summed E-state index contributed by atoms with van der Waals surface area (Å²) in [6.07, 6.45) is -1.60. The Balaban J connectivity index is 1.31. The molecule has 1 saturated heterocycles. The first-order valence-electron chi connectivity index (χ1n) is 12.6. The number of carbonyl (C=O) groups excluding carboxylic acids is 1. The van der Waals surface area contributed by atoms with Crippen molar-refractivity contribution in [2.75, 3.05) is 13.1 Å². The van der Waals surface area contributed by atoms with E-state index in [1.807, 2.05) is 6.92 Å². The lowest BCUT2D eigenvalue weighted by Gasteiger charge is -2.32. The summed E-state index contributed by atoms with van der Waals surface area (Å²) < 4.78 is 68.1. The number of amides is 1. The SMILES string of the molecule is C/C=C(/c1csc(C(F)(F)F)c1)c1ccc(C(=O)N2CCC(c3nc4ccccc4n3C(F)F)CC2)cc1C. The lowest BCUT2D eigenvalue weighted by molar-refractivity contribution is -0.134. The topological polar surface area (TPSA) is 38.1 Å². The van der Waals surface area contributed by atoms with Crippen LogP contribution in [-0.4, -0.2) is 33.4 Å². The first-order valence-corrected chi connectivity index (χ1v) is 13.4. The molecule has 2 aromatic heterocycles. The summed E-state index contributed by atoms with van der Waals surface area (Å²) in [4.78, 5) is 18.8. The van der Waals surface area contributed by atoms with Crippen molar-refractivity contribution in [1.29, 1.82) is 0 Å². The molecule has 1 amide bonds. The second-order valence-corrected chi connectivity index (χ2v) is 10.5. The third-order valence-corrected chi connectivity index (χ3v) is 8.18. The summed E-state index contributed by atoms with van der Waals surface area (Å²) in [5, 5.41) is 1.49. The number of hydrogen-bond donors (Lipinski definition) is 0. The van der Waals surface area contributed by atoms with Gasteiger partial charge in [-0.1, -0.05) is 24.3 Å². The van der Waals surface area contributed by atoms with Crippen molar-refractivity contribution >= 4 is 33.9 Å². The number of likely N-dealkylation sites (tertiary alicyclic amines) is 1. The predicted molar refractivity (Wildman–Crippen MR) is 142 cm³/mol. The number of halogens is 5. The molecule has 4 nitrogen and oxygen atoms in total. The van der Waals surface area contributed by atoms with Crippen LogP contribution in [0, 0.1) is 6.92 Å². The van der Waals surface area contributed by atoms with E-state index >= 15 is 0 Å². The Labute approximate surface area is 226 Å². The molecule has 1 aliphatic rings. The van der Waals surface area contributed by atoms with Crippen molar-refractivity contribution in [1.82, 2.24) is 14.5 Å². The van der Waals surface area contributed by atoms with Gasteiger partial charge in [-0.15, -0.1) is 11.3 Å². The standard InChI is InChI=1S/C29H26F5N3OS/c1-3-21(20-15-25(39-16-20)29(32,33)34)22-9-8-19(14-17(22)2)27(38)36-12-10-18(11-13-36)26-35-23-6-4-5-7-24(23)37(26)28(30)31/h3-9,14-16,18,28H,10-13H2,1-2H3/b21-3-. The average Bonchev–Trinajstić information content (AvgIpc) is 3.55. The minimum atomic E-state index is -4.40. The fourth-order valence-corrected chi connectivity index (χ4v) is 6.06. The predicted octanol–water partition coefficient (Wildman–Crippen LogP) is 8.29. The van der Waals surface area contributed by atoms with Crippen LogP contribution in [0.3, 0.4) is 0 Å². The molecule has 1 aliphatic heterocycles. The molecule has 0 aliphatic carbocycles. The number of benzene rings is 2. The van der Waals surface area contributed by atoms with Crippen LogP contribution >= 0.6 is 11.3 Å². The van der Waals surface area contributed by atoms with Crippen LogP contribution < -0.4 is 0 Å². The summed E-state index contributed by atoms with van der Waals surface area (Å²) in [6, 6.07) is 13.2. The number of piperidine rings is 1. The molecule has 0 atom stereocenters. The average molecular weight is 560 g/mol. The number of carbonyl (C=O) groups is 1. The maximum absolute atomic E-state index is 13.9. The molecule has 39 heavy (non-hydrogen) atoms. The first kappa shape index (κ1) is 27.1. The molecule has 0 spiro atoms. The van der Waals surface area contributed by atoms with Crippen molar-refractivity contribution in [3.63, 3.8) is 0 Å². The van der Waals surface area contributed by atoms with Gasteiger partial charge < -0.3 is 4.90 Å². The number of aromatic nitrogens is 2. The van der Waals surface area contributed by atoms with Crippen LogP contribution in [0.4, 0.5) is 22.0 Å². The Hall–Kier alpha value is -3.53. The maximum atomic E-state index is 13.9. The van der Waals surface area contributed by atoms with Crippen LogP contribution in [-0.2, 0) is 6.18 Å². The van der Waals surface area contributed by atoms with Gasteiger partial charge >= 0.3 is 12.7 Å². The maximum Gasteiger partial charge on any atom is 0.425 e. The quantitative estimate of drug-likeness (QED) is 0.231. The van der Waals surface area contributed by atoms with Gasteiger partial charge in [0.1, 0.15) is 10.7 Å². The summed E-state index contributed by atoms with van der Waals surface area (Å²) in [7, 11) is 0. The number of hydrogen-bond acceptors (Lipinski definition) is 3. The Kier molecular flexibility index (Phi) is 7.33. The van der Waals surface area contributed by atoms with E-state index in [9.17, 15) is 26.7 Å². The second kappa shape index (κ2) is 10.6. The van der Waals surface area contributed by atoms with Crippen LogP contribution in [0.5, 0.6) is 0 Å². The Morgan fingerprint density at radius 1 is 1.08 bits per heavy atom. The van der Waals surface area contributed by atoms with Crippen molar-refractivity contribution in [2.45, 2.75) is 45.3 Å². The van der Waals surface area contributed by atoms with Gasteiger partial charge in [-0.25, -0.2) is 4.98 Å². The zero-order chi connectivity index (χ0) is 27.9. The monoisotopic (exact) mass is 559 g/mol. The van der Waals surface area contributed by atoms with Crippen molar-refractivity contribution < 1.29 is 26.7 Å². The van der Waals surface area contributed by atoms with E-state index in [1.54, 1.807) is 60.4 Å². The normalized spacial score (nSPS) is 15.5. The van der Waals surface area contributed by atoms with Gasteiger partial charge in [0.2, 0.25) is 0 Å². The van der Waals surface area contributed by atoms with E-state index in [1.165, 1.54) is 5.38 Å². The minimum absolute atomic E-state index is 0.164. The summed E-state index contributed by atoms with van der Waals surface area (Å²) >= 11 is 0.655. The number of nitrogens with zero attached hydrogens (tertiary/aromatic N) is 3. The lowest BCUT2D eigenvalue weighted by atomic mass is 9.93. The van der Waals surface area contributed by atoms with Gasteiger partial charge in [0.05, 0.1) is 11.0 Å². The van der Waals surface area contributed by atoms with Crippen molar-refractivity contribution in [3.05, 3.63) is 92.9 Å². The van der Waals surface area contributed by atoms with E-state index in [2.05, 4.69) is 4.98 Å². The van der Waals surface area contributed by atoms with E-state index in [4.69, 9.17) is 0 Å². The molecule has 3 heterocycles. The molecule has 5 rings (SSSR count). The summed E-state index contributed by atoms with van der Waals surface area (Å²) in [5.41, 5.74) is 4.08. The van der Waals surface area contributed by atoms with Crippen LogP contribution in [0.1, 0.15) is 70.0 Å². The lowest BCUT2D eigenvalue weighted by Crippen LogP contribution is -2.38. The number of allylic oxidation sites excluding steroid dienone is 1. The number of thiophene rings is 1. The van der Waals surface area contributed by atoms with E-state index in [-0.39, 0.29) is 11.8 Å². The fraction of sp³-hybridized carbons (Fsp3) is 0.310. The number of rotatable bonds is 5. The molecule has 10 heteroatoms. The Morgan fingerprint density at radius 3 is 2.41 bits per heavy atom. The van der Waals surface area contributed by atoms with E-state index < -0.39 is 17.6 Å². The molecule has 0 bridgehead atoms. The van der Waals surface area contributed by atoms with Gasteiger partial charge in [0, 0.05) is 24.6 Å². The van der Waals surface area contributed by atoms with Gasteiger partial charge in [0.25, 0.3) is 5.91 Å². The van der Waals surface area contributed by atoms with Gasteiger partial charge in [-0.05, 0) is 84.7 Å². The van der Waals surface area contributed by atoms with Crippen molar-refractivity contribution in [3.8, 4) is 0 Å². The number of imidazole rings is 1. The Morgan fingerprint density at radius 2 is 1.79 bits per heavy atom. The third kappa shape index (κ3) is 5.22. The zero-order valence-corrected chi connectivity index (χ0v) is 22.1. The summed E-state index contributed by atoms with van der Waals surface area (Å²) in [5.74, 6) is -0.00844. The van der Waals surface area contributed by atoms with E-state index in [0.717, 1.165) is 21.8 Å². The van der Waals surface area contributed by atoms with Crippen LogP contribution in [0.2, 0.25) is 0 Å². The molecule has 1 fully saturated rings. The molecule has 0 unspecified atom stereocenters. The van der Waals surface area contributed by atoms with Gasteiger partial charge in [-0.3, -0.25) is 9.36 Å². The number of fused-ring (bicyclic) bond motifs is 1. The third-order valence-electron chi connectivity index (χ3n) is 7.21. The number of aryl methyl sites for hydroxylation is 1. The highest BCUT2D eigenvalue weighted by molar-refractivity contribution is 7.10. The second-order valence-electron chi connectivity index (χ2n) is 9.60. The van der Waals surface area contributed by atoms with Crippen LogP contribution in [0.15, 0.2) is 60.0 Å². The minimum Gasteiger partial charge on any atom is -0.339 e. The fourth-order valence-electron chi connectivity index (χ4n) is 5.28. The van der Waals surface area contributed by atoms with Gasteiger partial charge in [-0.2, -0.15) is 22.0 Å². The molecule has 4 aromatic rings. The molecule has 204 valence electrons. The Bertz CT molecular complexity index is 1540. The first-order chi connectivity index (χ1) is 18.6. The number of alkyl halides is 5. The number of para-hydroxylation sites is 2. The zero-order valence-electron chi connectivity index (χ0n) is 21.3. The van der Waals surface area contributed by atoms with Crippen molar-refractivity contribution in [2.24, 2.45) is 0 Å². The van der Waals surface area contributed by atoms with Gasteiger partial charge in [0.15, 0.2) is 0 Å². The highest BCUT2D eigenvalue weighted by Crippen LogP contribution is 2.38. The molecular weight excluding hydrogens is 533 g/mol. The molecule has 2 aromatic carbocycles. The van der Waals surface area contributed by atoms with Crippen LogP contribution in [0.25, 0.3) is 16.6 Å². The summed E-state index contributed by atoms with van der Waals surface area (Å²) in [6.45, 7) is 1.71. The van der Waals surface area contributed by atoms with E-state index in [0.29, 0.717) is 70.8 Å². The molecule has 0 radical (unpaired) electrons. The highest BCUT2D eigenvalue weighted by atomic mass is 32.1. The smallest absolute Gasteiger partial charge is 0.339 e. The molecule has 0 saturated carbocycles. The largest absolute Gasteiger partial charge is 0.425 e. The molecular formula is C29H26F5N3OS. The molecule has 0 N–H and O–H groups in total.